The van der Waals surface area contributed by atoms with E-state index >= 15 is 0 Å². The topological polar surface area (TPSA) is 88.3 Å². The fourth-order valence-corrected chi connectivity index (χ4v) is 2.79. The summed E-state index contributed by atoms with van der Waals surface area (Å²) < 4.78 is 0.562. The van der Waals surface area contributed by atoms with Crippen LogP contribution in [-0.2, 0) is 0 Å². The van der Waals surface area contributed by atoms with Crippen molar-refractivity contribution in [1.82, 2.24) is 4.98 Å². The summed E-state index contributed by atoms with van der Waals surface area (Å²) in [6.07, 6.45) is 6.29. The molecule has 0 bridgehead atoms. The van der Waals surface area contributed by atoms with Crippen LogP contribution < -0.4 is 5.32 Å². The molecule has 0 atom stereocenters. The van der Waals surface area contributed by atoms with Crippen molar-refractivity contribution in [1.29, 1.82) is 0 Å². The number of aliphatic hydroxyl groups is 1. The monoisotopic (exact) mass is 329 g/mol. The van der Waals surface area contributed by atoms with Crippen LogP contribution in [0.25, 0.3) is 0 Å². The van der Waals surface area contributed by atoms with Crippen LogP contribution in [0.4, 0.5) is 11.5 Å². The highest BCUT2D eigenvalue weighted by Crippen LogP contribution is 2.34. The Morgan fingerprint density at radius 2 is 2.16 bits per heavy atom. The van der Waals surface area contributed by atoms with Crippen molar-refractivity contribution in [3.05, 3.63) is 26.9 Å². The summed E-state index contributed by atoms with van der Waals surface area (Å²) >= 11 is 3.18. The van der Waals surface area contributed by atoms with Gasteiger partial charge < -0.3 is 10.4 Å². The molecule has 2 N–H and O–H groups in total. The van der Waals surface area contributed by atoms with Gasteiger partial charge in [0.15, 0.2) is 0 Å². The Hall–Kier alpha value is -1.21. The molecule has 1 aliphatic carbocycles. The molecule has 0 unspecified atom stereocenters. The van der Waals surface area contributed by atoms with Crippen molar-refractivity contribution in [3.63, 3.8) is 0 Å². The molecule has 1 aromatic heterocycles. The minimum Gasteiger partial charge on any atom is -0.394 e. The fraction of sp³-hybridized carbons (Fsp3) is 0.583. The average Bonchev–Trinajstić information content (AvgIpc) is 2.42. The Kier molecular flexibility index (Phi) is 4.36. The number of aromatic nitrogens is 1. The number of nitrogens with one attached hydrogen (secondary N) is 1. The third-order valence-electron chi connectivity index (χ3n) is 3.53. The van der Waals surface area contributed by atoms with Crippen molar-refractivity contribution < 1.29 is 10.0 Å². The maximum absolute atomic E-state index is 11.1. The highest BCUT2D eigenvalue weighted by molar-refractivity contribution is 9.10. The predicted molar refractivity (Wildman–Crippen MR) is 75.1 cm³/mol. The molecular weight excluding hydrogens is 314 g/mol. The van der Waals surface area contributed by atoms with Crippen LogP contribution in [0.15, 0.2) is 16.7 Å². The van der Waals surface area contributed by atoms with Gasteiger partial charge in [-0.15, -0.1) is 0 Å². The number of nitrogens with zero attached hydrogens (tertiary/aromatic N) is 2. The van der Waals surface area contributed by atoms with Gasteiger partial charge in [-0.25, -0.2) is 4.98 Å². The molecule has 7 heteroatoms. The average molecular weight is 330 g/mol. The first-order valence-electron chi connectivity index (χ1n) is 6.25. The van der Waals surface area contributed by atoms with E-state index in [4.69, 9.17) is 0 Å². The van der Waals surface area contributed by atoms with Crippen molar-refractivity contribution in [2.45, 2.75) is 37.6 Å². The van der Waals surface area contributed by atoms with Crippen LogP contribution in [0.2, 0.25) is 0 Å². The quantitative estimate of drug-likeness (QED) is 0.655. The van der Waals surface area contributed by atoms with Crippen LogP contribution in [0.3, 0.4) is 0 Å². The zero-order valence-electron chi connectivity index (χ0n) is 10.4. The second-order valence-corrected chi connectivity index (χ2v) is 5.82. The van der Waals surface area contributed by atoms with E-state index in [-0.39, 0.29) is 18.1 Å². The van der Waals surface area contributed by atoms with Crippen molar-refractivity contribution in [3.8, 4) is 0 Å². The Labute approximate surface area is 119 Å². The molecule has 1 aliphatic rings. The summed E-state index contributed by atoms with van der Waals surface area (Å²) in [5.41, 5.74) is -0.558. The molecule has 19 heavy (non-hydrogen) atoms. The SMILES string of the molecule is O=[N+]([O-])c1cc(Br)cnc1NC1(CO)CCCCC1. The fourth-order valence-electron chi connectivity index (χ4n) is 2.47. The molecule has 0 aromatic carbocycles. The normalized spacial score (nSPS) is 18.0. The van der Waals surface area contributed by atoms with Crippen LogP contribution in [0.5, 0.6) is 0 Å². The summed E-state index contributed by atoms with van der Waals surface area (Å²) in [5.74, 6) is 0.226. The van der Waals surface area contributed by atoms with Gasteiger partial charge in [0.2, 0.25) is 5.82 Å². The van der Waals surface area contributed by atoms with Crippen LogP contribution in [0, 0.1) is 10.1 Å². The Morgan fingerprint density at radius 3 is 2.74 bits per heavy atom. The Morgan fingerprint density at radius 1 is 1.47 bits per heavy atom. The van der Waals surface area contributed by atoms with Crippen LogP contribution in [0.1, 0.15) is 32.1 Å². The Balaban J connectivity index is 2.28. The van der Waals surface area contributed by atoms with Crippen molar-refractivity contribution in [2.24, 2.45) is 0 Å². The zero-order valence-corrected chi connectivity index (χ0v) is 12.0. The number of pyridine rings is 1. The molecule has 2 rings (SSSR count). The van der Waals surface area contributed by atoms with E-state index in [1.165, 1.54) is 12.3 Å². The number of nitro groups is 1. The van der Waals surface area contributed by atoms with E-state index in [1.54, 1.807) is 0 Å². The van der Waals surface area contributed by atoms with Crippen molar-refractivity contribution >= 4 is 27.4 Å². The van der Waals surface area contributed by atoms with Gasteiger partial charge in [-0.3, -0.25) is 10.1 Å². The molecule has 0 spiro atoms. The van der Waals surface area contributed by atoms with Gasteiger partial charge in [-0.1, -0.05) is 19.3 Å². The summed E-state index contributed by atoms with van der Waals surface area (Å²) in [5, 5.41) is 23.8. The highest BCUT2D eigenvalue weighted by Gasteiger charge is 2.33. The van der Waals surface area contributed by atoms with Crippen molar-refractivity contribution in [2.75, 3.05) is 11.9 Å². The number of aliphatic hydroxyl groups excluding tert-OH is 1. The van der Waals surface area contributed by atoms with E-state index in [9.17, 15) is 15.2 Å². The number of hydrogen-bond donors (Lipinski definition) is 2. The molecular formula is C12H16BrN3O3. The van der Waals surface area contributed by atoms with E-state index in [0.29, 0.717) is 4.47 Å². The largest absolute Gasteiger partial charge is 0.394 e. The van der Waals surface area contributed by atoms with Gasteiger partial charge in [-0.05, 0) is 28.8 Å². The lowest BCUT2D eigenvalue weighted by Crippen LogP contribution is -2.44. The highest BCUT2D eigenvalue weighted by atomic mass is 79.9. The maximum atomic E-state index is 11.1. The van der Waals surface area contributed by atoms with Crippen LogP contribution in [-0.4, -0.2) is 27.2 Å². The first-order valence-corrected chi connectivity index (χ1v) is 7.05. The first-order chi connectivity index (χ1) is 9.06. The predicted octanol–water partition coefficient (Wildman–Crippen LogP) is 2.86. The third-order valence-corrected chi connectivity index (χ3v) is 3.96. The van der Waals surface area contributed by atoms with Gasteiger partial charge in [0, 0.05) is 16.7 Å². The molecule has 1 aromatic rings. The number of rotatable bonds is 4. The second kappa shape index (κ2) is 5.83. The van der Waals surface area contributed by atoms with E-state index in [0.717, 1.165) is 32.1 Å². The molecule has 6 nitrogen and oxygen atoms in total. The van der Waals surface area contributed by atoms with E-state index in [2.05, 4.69) is 26.2 Å². The summed E-state index contributed by atoms with van der Waals surface area (Å²) in [7, 11) is 0. The van der Waals surface area contributed by atoms with E-state index < -0.39 is 10.5 Å². The van der Waals surface area contributed by atoms with Gasteiger partial charge >= 0.3 is 5.69 Å². The minimum atomic E-state index is -0.482. The third kappa shape index (κ3) is 3.22. The smallest absolute Gasteiger partial charge is 0.312 e. The number of halogens is 1. The first kappa shape index (κ1) is 14.2. The number of hydrogen-bond acceptors (Lipinski definition) is 5. The lowest BCUT2D eigenvalue weighted by atomic mass is 9.82. The zero-order chi connectivity index (χ0) is 13.9. The van der Waals surface area contributed by atoms with E-state index in [1.807, 2.05) is 0 Å². The second-order valence-electron chi connectivity index (χ2n) is 4.90. The molecule has 0 saturated heterocycles. The molecule has 1 saturated carbocycles. The molecule has 0 amide bonds. The molecule has 1 fully saturated rings. The summed E-state index contributed by atoms with van der Waals surface area (Å²) in [4.78, 5) is 14.7. The Bertz CT molecular complexity index is 475. The molecule has 0 aliphatic heterocycles. The summed E-state index contributed by atoms with van der Waals surface area (Å²) in [6.45, 7) is -0.0398. The summed E-state index contributed by atoms with van der Waals surface area (Å²) in [6, 6.07) is 1.42. The maximum Gasteiger partial charge on any atom is 0.312 e. The van der Waals surface area contributed by atoms with Gasteiger partial charge in [0.25, 0.3) is 0 Å². The lowest BCUT2D eigenvalue weighted by molar-refractivity contribution is -0.384. The van der Waals surface area contributed by atoms with Crippen LogP contribution >= 0.6 is 15.9 Å². The van der Waals surface area contributed by atoms with Gasteiger partial charge in [0.1, 0.15) is 0 Å². The standard InChI is InChI=1S/C12H16BrN3O3/c13-9-6-10(16(18)19)11(14-7-9)15-12(8-17)4-2-1-3-5-12/h6-7,17H,1-5,8H2,(H,14,15). The molecule has 0 radical (unpaired) electrons. The van der Waals surface area contributed by atoms with Gasteiger partial charge in [0.05, 0.1) is 17.1 Å². The molecule has 104 valence electrons. The molecule has 1 heterocycles. The number of anilines is 1. The van der Waals surface area contributed by atoms with Gasteiger partial charge in [-0.2, -0.15) is 0 Å². The minimum absolute atomic E-state index is 0.0398. The lowest BCUT2D eigenvalue weighted by Gasteiger charge is -2.36.